The SMILES string of the molecule is CCOc1ccccc1/C=C/B(O)O. The van der Waals surface area contributed by atoms with Crippen LogP contribution in [0.3, 0.4) is 0 Å². The molecule has 0 saturated heterocycles. The Balaban J connectivity index is 2.84. The Morgan fingerprint density at radius 1 is 1.36 bits per heavy atom. The molecule has 0 aliphatic heterocycles. The molecule has 0 fully saturated rings. The summed E-state index contributed by atoms with van der Waals surface area (Å²) in [6.45, 7) is 2.49. The van der Waals surface area contributed by atoms with Crippen LogP contribution in [0.1, 0.15) is 12.5 Å². The third kappa shape index (κ3) is 3.24. The first kappa shape index (κ1) is 10.8. The molecule has 0 atom stereocenters. The largest absolute Gasteiger partial charge is 0.493 e. The van der Waals surface area contributed by atoms with Crippen molar-refractivity contribution < 1.29 is 14.8 Å². The second kappa shape index (κ2) is 5.47. The van der Waals surface area contributed by atoms with Crippen molar-refractivity contribution in [2.24, 2.45) is 0 Å². The van der Waals surface area contributed by atoms with Crippen molar-refractivity contribution in [1.29, 1.82) is 0 Å². The van der Waals surface area contributed by atoms with Crippen LogP contribution in [0.4, 0.5) is 0 Å². The molecule has 1 aromatic rings. The molecular formula is C10H13BO3. The van der Waals surface area contributed by atoms with Gasteiger partial charge in [0.1, 0.15) is 5.75 Å². The zero-order chi connectivity index (χ0) is 10.4. The third-order valence-electron chi connectivity index (χ3n) is 1.67. The lowest BCUT2D eigenvalue weighted by molar-refractivity contribution is 0.339. The van der Waals surface area contributed by atoms with Crippen LogP contribution in [0, 0.1) is 0 Å². The van der Waals surface area contributed by atoms with Gasteiger partial charge in [-0.1, -0.05) is 30.3 Å². The highest BCUT2D eigenvalue weighted by Crippen LogP contribution is 2.19. The maximum absolute atomic E-state index is 8.66. The molecule has 0 radical (unpaired) electrons. The molecule has 3 nitrogen and oxygen atoms in total. The minimum absolute atomic E-state index is 0.590. The summed E-state index contributed by atoms with van der Waals surface area (Å²) in [4.78, 5) is 0. The Kier molecular flexibility index (Phi) is 4.23. The highest BCUT2D eigenvalue weighted by molar-refractivity contribution is 6.48. The topological polar surface area (TPSA) is 49.7 Å². The van der Waals surface area contributed by atoms with E-state index in [9.17, 15) is 0 Å². The molecule has 0 amide bonds. The maximum Gasteiger partial charge on any atom is 0.480 e. The monoisotopic (exact) mass is 192 g/mol. The summed E-state index contributed by atoms with van der Waals surface area (Å²) in [5.41, 5.74) is 0.836. The van der Waals surface area contributed by atoms with Gasteiger partial charge in [-0.05, 0) is 13.0 Å². The van der Waals surface area contributed by atoms with E-state index in [4.69, 9.17) is 14.8 Å². The maximum atomic E-state index is 8.66. The van der Waals surface area contributed by atoms with Crippen LogP contribution in [0.2, 0.25) is 0 Å². The Labute approximate surface area is 83.8 Å². The molecule has 2 N–H and O–H groups in total. The van der Waals surface area contributed by atoms with E-state index in [1.54, 1.807) is 6.08 Å². The smallest absolute Gasteiger partial charge is 0.480 e. The molecular weight excluding hydrogens is 179 g/mol. The quantitative estimate of drug-likeness (QED) is 0.702. The van der Waals surface area contributed by atoms with Gasteiger partial charge in [-0.3, -0.25) is 0 Å². The van der Waals surface area contributed by atoms with Crippen molar-refractivity contribution in [2.45, 2.75) is 6.92 Å². The number of ether oxygens (including phenoxy) is 1. The Hall–Kier alpha value is -1.26. The van der Waals surface area contributed by atoms with E-state index >= 15 is 0 Å². The van der Waals surface area contributed by atoms with E-state index < -0.39 is 7.12 Å². The van der Waals surface area contributed by atoms with Crippen LogP contribution < -0.4 is 4.74 Å². The first-order valence-corrected chi connectivity index (χ1v) is 4.50. The average molecular weight is 192 g/mol. The molecule has 4 heteroatoms. The molecule has 0 aromatic heterocycles. The van der Waals surface area contributed by atoms with Crippen LogP contribution in [-0.4, -0.2) is 23.8 Å². The van der Waals surface area contributed by atoms with E-state index in [-0.39, 0.29) is 0 Å². The van der Waals surface area contributed by atoms with Gasteiger partial charge in [-0.25, -0.2) is 0 Å². The number of para-hydroxylation sites is 1. The first-order chi connectivity index (χ1) is 6.74. The summed E-state index contributed by atoms with van der Waals surface area (Å²) >= 11 is 0. The highest BCUT2D eigenvalue weighted by Gasteiger charge is 2.01. The Morgan fingerprint density at radius 3 is 2.71 bits per heavy atom. The number of benzene rings is 1. The molecule has 0 saturated carbocycles. The van der Waals surface area contributed by atoms with Crippen LogP contribution in [-0.2, 0) is 0 Å². The first-order valence-electron chi connectivity index (χ1n) is 4.50. The van der Waals surface area contributed by atoms with E-state index in [1.165, 1.54) is 5.98 Å². The molecule has 0 aliphatic rings. The lowest BCUT2D eigenvalue weighted by Crippen LogP contribution is -2.05. The Bertz CT molecular complexity index is 310. The van der Waals surface area contributed by atoms with Gasteiger partial charge in [-0.15, -0.1) is 0 Å². The summed E-state index contributed by atoms with van der Waals surface area (Å²) < 4.78 is 5.35. The second-order valence-electron chi connectivity index (χ2n) is 2.74. The van der Waals surface area contributed by atoms with Gasteiger partial charge in [0, 0.05) is 5.56 Å². The lowest BCUT2D eigenvalue weighted by Gasteiger charge is -2.05. The summed E-state index contributed by atoms with van der Waals surface area (Å²) in [7, 11) is -1.43. The summed E-state index contributed by atoms with van der Waals surface area (Å²) in [5.74, 6) is 2.03. The average Bonchev–Trinajstić information content (AvgIpc) is 2.17. The zero-order valence-electron chi connectivity index (χ0n) is 8.05. The van der Waals surface area contributed by atoms with Crippen LogP contribution in [0.5, 0.6) is 5.75 Å². The minimum Gasteiger partial charge on any atom is -0.493 e. The van der Waals surface area contributed by atoms with E-state index in [0.29, 0.717) is 6.61 Å². The van der Waals surface area contributed by atoms with Gasteiger partial charge in [-0.2, -0.15) is 0 Å². The molecule has 0 bridgehead atoms. The minimum atomic E-state index is -1.43. The van der Waals surface area contributed by atoms with Crippen molar-refractivity contribution in [2.75, 3.05) is 6.61 Å². The van der Waals surface area contributed by atoms with Crippen LogP contribution in [0.25, 0.3) is 6.08 Å². The normalized spacial score (nSPS) is 10.5. The third-order valence-corrected chi connectivity index (χ3v) is 1.67. The van der Waals surface area contributed by atoms with Gasteiger partial charge in [0.05, 0.1) is 6.61 Å². The number of hydrogen-bond acceptors (Lipinski definition) is 3. The molecule has 1 aromatic carbocycles. The summed E-state index contributed by atoms with van der Waals surface area (Å²) in [6, 6.07) is 7.43. The molecule has 0 unspecified atom stereocenters. The van der Waals surface area contributed by atoms with Gasteiger partial charge in [0.2, 0.25) is 0 Å². The fraction of sp³-hybridized carbons (Fsp3) is 0.200. The number of hydrogen-bond donors (Lipinski definition) is 2. The van der Waals surface area contributed by atoms with Crippen molar-refractivity contribution in [1.82, 2.24) is 0 Å². The van der Waals surface area contributed by atoms with Crippen molar-refractivity contribution in [3.8, 4) is 5.75 Å². The fourth-order valence-electron chi connectivity index (χ4n) is 1.09. The second-order valence-corrected chi connectivity index (χ2v) is 2.74. The Morgan fingerprint density at radius 2 is 2.07 bits per heavy atom. The predicted octanol–water partition coefficient (Wildman–Crippen LogP) is 1.11. The van der Waals surface area contributed by atoms with E-state index in [0.717, 1.165) is 11.3 Å². The van der Waals surface area contributed by atoms with E-state index in [2.05, 4.69) is 0 Å². The zero-order valence-corrected chi connectivity index (χ0v) is 8.05. The summed E-state index contributed by atoms with van der Waals surface area (Å²) in [5, 5.41) is 17.3. The van der Waals surface area contributed by atoms with Crippen LogP contribution >= 0.6 is 0 Å². The molecule has 0 spiro atoms. The standard InChI is InChI=1S/C10H13BO3/c1-2-14-10-6-4-3-5-9(10)7-8-11(12)13/h3-8,12-13H,2H2,1H3/b8-7+. The summed E-state index contributed by atoms with van der Waals surface area (Å²) in [6.07, 6.45) is 1.62. The van der Waals surface area contributed by atoms with Gasteiger partial charge in [0.25, 0.3) is 0 Å². The van der Waals surface area contributed by atoms with Crippen LogP contribution in [0.15, 0.2) is 30.2 Å². The predicted molar refractivity (Wildman–Crippen MR) is 56.8 cm³/mol. The van der Waals surface area contributed by atoms with Gasteiger partial charge < -0.3 is 14.8 Å². The number of rotatable bonds is 4. The van der Waals surface area contributed by atoms with Crippen molar-refractivity contribution >= 4 is 13.2 Å². The highest BCUT2D eigenvalue weighted by atomic mass is 16.5. The lowest BCUT2D eigenvalue weighted by atomic mass is 9.90. The fourth-order valence-corrected chi connectivity index (χ4v) is 1.09. The molecule has 0 aliphatic carbocycles. The molecule has 74 valence electrons. The van der Waals surface area contributed by atoms with Gasteiger partial charge >= 0.3 is 7.12 Å². The van der Waals surface area contributed by atoms with Crippen molar-refractivity contribution in [3.63, 3.8) is 0 Å². The molecule has 14 heavy (non-hydrogen) atoms. The van der Waals surface area contributed by atoms with E-state index in [1.807, 2.05) is 31.2 Å². The van der Waals surface area contributed by atoms with Crippen molar-refractivity contribution in [3.05, 3.63) is 35.8 Å². The van der Waals surface area contributed by atoms with Gasteiger partial charge in [0.15, 0.2) is 0 Å². The molecule has 1 rings (SSSR count). The molecule has 0 heterocycles.